The van der Waals surface area contributed by atoms with E-state index >= 15 is 0 Å². The average Bonchev–Trinajstić information content (AvgIpc) is 3.25. The normalized spacial score (nSPS) is 15.2. The van der Waals surface area contributed by atoms with Gasteiger partial charge >= 0.3 is 0 Å². The molecule has 0 amide bonds. The largest absolute Gasteiger partial charge is 0.306 e. The van der Waals surface area contributed by atoms with Gasteiger partial charge in [-0.05, 0) is 46.9 Å². The lowest BCUT2D eigenvalue weighted by atomic mass is 9.91. The molecule has 110 valence electrons. The SMILES string of the molecule is CC(C)(C)c1nc(-c2ccccc2C2CC2)[nH]c(=O)c1I. The Morgan fingerprint density at radius 2 is 1.90 bits per heavy atom. The molecule has 1 saturated carbocycles. The first-order valence-corrected chi connectivity index (χ1v) is 8.35. The van der Waals surface area contributed by atoms with E-state index in [0.29, 0.717) is 15.3 Å². The van der Waals surface area contributed by atoms with E-state index in [1.807, 2.05) is 6.07 Å². The quantitative estimate of drug-likeness (QED) is 0.776. The Morgan fingerprint density at radius 1 is 1.24 bits per heavy atom. The van der Waals surface area contributed by atoms with E-state index in [1.165, 1.54) is 18.4 Å². The van der Waals surface area contributed by atoms with Crippen LogP contribution < -0.4 is 5.56 Å². The Balaban J connectivity index is 2.20. The van der Waals surface area contributed by atoms with Gasteiger partial charge in [0.05, 0.1) is 5.69 Å². The molecule has 2 aromatic rings. The van der Waals surface area contributed by atoms with Gasteiger partial charge < -0.3 is 4.98 Å². The third-order valence-corrected chi connectivity index (χ3v) is 4.81. The molecule has 0 saturated heterocycles. The zero-order valence-corrected chi connectivity index (χ0v) is 14.7. The zero-order chi connectivity index (χ0) is 15.2. The van der Waals surface area contributed by atoms with Gasteiger partial charge in [-0.15, -0.1) is 0 Å². The molecule has 1 aromatic heterocycles. The van der Waals surface area contributed by atoms with Crippen molar-refractivity contribution < 1.29 is 0 Å². The van der Waals surface area contributed by atoms with E-state index < -0.39 is 0 Å². The van der Waals surface area contributed by atoms with Crippen LogP contribution in [0.5, 0.6) is 0 Å². The number of halogens is 1. The second kappa shape index (κ2) is 5.23. The van der Waals surface area contributed by atoms with Crippen molar-refractivity contribution in [3.63, 3.8) is 0 Å². The lowest BCUT2D eigenvalue weighted by Crippen LogP contribution is -2.24. The van der Waals surface area contributed by atoms with E-state index in [4.69, 9.17) is 4.98 Å². The molecule has 1 heterocycles. The Bertz CT molecular complexity index is 739. The predicted octanol–water partition coefficient (Wildman–Crippen LogP) is 4.22. The van der Waals surface area contributed by atoms with Crippen LogP contribution in [0.15, 0.2) is 29.1 Å². The molecule has 0 spiro atoms. The number of aromatic nitrogens is 2. The molecule has 4 heteroatoms. The number of nitrogens with zero attached hydrogens (tertiary/aromatic N) is 1. The van der Waals surface area contributed by atoms with Gasteiger partial charge in [-0.25, -0.2) is 4.98 Å². The van der Waals surface area contributed by atoms with Crippen LogP contribution in [0.2, 0.25) is 0 Å². The first kappa shape index (κ1) is 14.8. The summed E-state index contributed by atoms with van der Waals surface area (Å²) in [5.41, 5.74) is 3.05. The first-order chi connectivity index (χ1) is 9.88. The van der Waals surface area contributed by atoms with Crippen molar-refractivity contribution in [3.8, 4) is 11.4 Å². The molecule has 0 radical (unpaired) electrons. The van der Waals surface area contributed by atoms with Gasteiger partial charge in [-0.1, -0.05) is 45.0 Å². The second-order valence-electron chi connectivity index (χ2n) is 6.69. The lowest BCUT2D eigenvalue weighted by Gasteiger charge is -2.20. The van der Waals surface area contributed by atoms with Gasteiger partial charge in [0.2, 0.25) is 0 Å². The van der Waals surface area contributed by atoms with Crippen molar-refractivity contribution in [2.24, 2.45) is 0 Å². The summed E-state index contributed by atoms with van der Waals surface area (Å²) in [4.78, 5) is 20.0. The minimum atomic E-state index is -0.145. The molecule has 3 rings (SSSR count). The van der Waals surface area contributed by atoms with Crippen LogP contribution in [-0.2, 0) is 5.41 Å². The van der Waals surface area contributed by atoms with Gasteiger partial charge in [0.25, 0.3) is 5.56 Å². The predicted molar refractivity (Wildman–Crippen MR) is 93.7 cm³/mol. The number of H-pyrrole nitrogens is 1. The third kappa shape index (κ3) is 2.91. The van der Waals surface area contributed by atoms with Crippen molar-refractivity contribution in [2.45, 2.75) is 44.9 Å². The van der Waals surface area contributed by atoms with Crippen LogP contribution in [-0.4, -0.2) is 9.97 Å². The number of hydrogen-bond donors (Lipinski definition) is 1. The van der Waals surface area contributed by atoms with Crippen molar-refractivity contribution in [1.82, 2.24) is 9.97 Å². The summed E-state index contributed by atoms with van der Waals surface area (Å²) in [6.07, 6.45) is 2.47. The highest BCUT2D eigenvalue weighted by Gasteiger charge is 2.28. The van der Waals surface area contributed by atoms with E-state index in [2.05, 4.69) is 66.5 Å². The molecule has 0 bridgehead atoms. The molecule has 1 fully saturated rings. The highest BCUT2D eigenvalue weighted by Crippen LogP contribution is 2.43. The number of hydrogen-bond acceptors (Lipinski definition) is 2. The molecule has 1 aliphatic carbocycles. The van der Waals surface area contributed by atoms with E-state index in [1.54, 1.807) is 0 Å². The molecule has 0 atom stereocenters. The molecule has 1 N–H and O–H groups in total. The Hall–Kier alpha value is -1.17. The van der Waals surface area contributed by atoms with Gasteiger partial charge in [-0.3, -0.25) is 4.79 Å². The van der Waals surface area contributed by atoms with E-state index in [-0.39, 0.29) is 11.0 Å². The minimum Gasteiger partial charge on any atom is -0.306 e. The number of nitrogens with one attached hydrogen (secondary N) is 1. The Labute approximate surface area is 138 Å². The fourth-order valence-electron chi connectivity index (χ4n) is 2.55. The fourth-order valence-corrected chi connectivity index (χ4v) is 3.61. The number of benzene rings is 1. The molecule has 0 unspecified atom stereocenters. The van der Waals surface area contributed by atoms with Crippen LogP contribution in [0.25, 0.3) is 11.4 Å². The maximum Gasteiger partial charge on any atom is 0.264 e. The summed E-state index contributed by atoms with van der Waals surface area (Å²) in [7, 11) is 0. The number of aromatic amines is 1. The van der Waals surface area contributed by atoms with Gasteiger partial charge in [0.15, 0.2) is 0 Å². The smallest absolute Gasteiger partial charge is 0.264 e. The second-order valence-corrected chi connectivity index (χ2v) is 7.77. The van der Waals surface area contributed by atoms with E-state index in [0.717, 1.165) is 11.3 Å². The maximum atomic E-state index is 12.3. The summed E-state index contributed by atoms with van der Waals surface area (Å²) < 4.78 is 0.688. The highest BCUT2D eigenvalue weighted by atomic mass is 127. The maximum absolute atomic E-state index is 12.3. The summed E-state index contributed by atoms with van der Waals surface area (Å²) in [5, 5.41) is 0. The van der Waals surface area contributed by atoms with Crippen LogP contribution in [0.1, 0.15) is 50.8 Å². The van der Waals surface area contributed by atoms with Crippen LogP contribution in [0.4, 0.5) is 0 Å². The summed E-state index contributed by atoms with van der Waals surface area (Å²) in [6, 6.07) is 8.29. The fraction of sp³-hybridized carbons (Fsp3) is 0.412. The monoisotopic (exact) mass is 394 g/mol. The van der Waals surface area contributed by atoms with Crippen molar-refractivity contribution in [3.05, 3.63) is 49.4 Å². The standard InChI is InChI=1S/C17H19IN2O/c1-17(2,3)14-13(18)16(21)20-15(19-14)12-7-5-4-6-11(12)10-8-9-10/h4-7,10H,8-9H2,1-3H3,(H,19,20,21). The molecule has 1 aliphatic rings. The highest BCUT2D eigenvalue weighted by molar-refractivity contribution is 14.1. The van der Waals surface area contributed by atoms with Crippen LogP contribution in [0.3, 0.4) is 0 Å². The first-order valence-electron chi connectivity index (χ1n) is 7.27. The molecular formula is C17H19IN2O. The molecular weight excluding hydrogens is 375 g/mol. The zero-order valence-electron chi connectivity index (χ0n) is 12.5. The van der Waals surface area contributed by atoms with Gasteiger partial charge in [0.1, 0.15) is 9.39 Å². The topological polar surface area (TPSA) is 45.8 Å². The van der Waals surface area contributed by atoms with Crippen molar-refractivity contribution in [2.75, 3.05) is 0 Å². The van der Waals surface area contributed by atoms with E-state index in [9.17, 15) is 4.79 Å². The van der Waals surface area contributed by atoms with Crippen LogP contribution >= 0.6 is 22.6 Å². The molecule has 3 nitrogen and oxygen atoms in total. The van der Waals surface area contributed by atoms with Crippen molar-refractivity contribution >= 4 is 22.6 Å². The molecule has 1 aromatic carbocycles. The Morgan fingerprint density at radius 3 is 2.52 bits per heavy atom. The van der Waals surface area contributed by atoms with Gasteiger partial charge in [-0.2, -0.15) is 0 Å². The minimum absolute atomic E-state index is 0.0453. The van der Waals surface area contributed by atoms with Gasteiger partial charge in [0, 0.05) is 11.0 Å². The number of rotatable bonds is 2. The van der Waals surface area contributed by atoms with Crippen molar-refractivity contribution in [1.29, 1.82) is 0 Å². The summed E-state index contributed by atoms with van der Waals surface area (Å²) in [5.74, 6) is 1.33. The summed E-state index contributed by atoms with van der Waals surface area (Å²) in [6.45, 7) is 6.27. The lowest BCUT2D eigenvalue weighted by molar-refractivity contribution is 0.562. The Kier molecular flexibility index (Phi) is 3.67. The molecule has 21 heavy (non-hydrogen) atoms. The average molecular weight is 394 g/mol. The van der Waals surface area contributed by atoms with Crippen LogP contribution in [0, 0.1) is 3.57 Å². The molecule has 0 aliphatic heterocycles. The third-order valence-electron chi connectivity index (χ3n) is 3.81. The summed E-state index contributed by atoms with van der Waals surface area (Å²) >= 11 is 2.09.